The van der Waals surface area contributed by atoms with Crippen LogP contribution in [-0.4, -0.2) is 40.9 Å². The van der Waals surface area contributed by atoms with Crippen molar-refractivity contribution in [2.45, 2.75) is 45.8 Å². The summed E-state index contributed by atoms with van der Waals surface area (Å²) in [5.41, 5.74) is 2.10. The molecule has 0 bridgehead atoms. The highest BCUT2D eigenvalue weighted by atomic mass is 16.6. The zero-order valence-corrected chi connectivity index (χ0v) is 11.2. The lowest BCUT2D eigenvalue weighted by Gasteiger charge is -2.26. The van der Waals surface area contributed by atoms with Crippen LogP contribution in [0.3, 0.4) is 0 Å². The number of hydrogen-bond donors (Lipinski definition) is 1. The van der Waals surface area contributed by atoms with Crippen LogP contribution in [0.5, 0.6) is 0 Å². The fraction of sp³-hybridized carbons (Fsp3) is 0.692. The molecule has 0 rings (SSSR count). The molecule has 98 valence electrons. The molecule has 4 heteroatoms. The van der Waals surface area contributed by atoms with E-state index in [1.54, 1.807) is 13.0 Å². The monoisotopic (exact) mass is 241 g/mol. The number of aliphatic hydroxyl groups excluding tert-OH is 1. The first-order valence-corrected chi connectivity index (χ1v) is 5.76. The molecule has 0 spiro atoms. The predicted molar refractivity (Wildman–Crippen MR) is 67.8 cm³/mol. The largest absolute Gasteiger partial charge is 0.444 e. The van der Waals surface area contributed by atoms with Gasteiger partial charge in [0, 0.05) is 13.1 Å². The molecule has 0 aliphatic carbocycles. The summed E-state index contributed by atoms with van der Waals surface area (Å²) in [7, 11) is 0. The fourth-order valence-electron chi connectivity index (χ4n) is 1.10. The average Bonchev–Trinajstić information content (AvgIpc) is 2.14. The fourth-order valence-corrected chi connectivity index (χ4v) is 1.10. The minimum atomic E-state index is -0.516. The van der Waals surface area contributed by atoms with Crippen molar-refractivity contribution < 1.29 is 14.6 Å². The van der Waals surface area contributed by atoms with E-state index in [0.29, 0.717) is 19.5 Å². The van der Waals surface area contributed by atoms with Gasteiger partial charge < -0.3 is 14.7 Å². The van der Waals surface area contributed by atoms with Gasteiger partial charge in [-0.3, -0.25) is 0 Å². The summed E-state index contributed by atoms with van der Waals surface area (Å²) < 4.78 is 5.27. The predicted octanol–water partition coefficient (Wildman–Crippen LogP) is 2.34. The number of rotatable bonds is 5. The third kappa shape index (κ3) is 8.55. The highest BCUT2D eigenvalue weighted by Crippen LogP contribution is 2.10. The van der Waals surface area contributed by atoms with E-state index in [0.717, 1.165) is 0 Å². The summed E-state index contributed by atoms with van der Waals surface area (Å²) in [6.07, 6.45) is 1.35. The van der Waals surface area contributed by atoms with Crippen molar-refractivity contribution in [2.24, 2.45) is 0 Å². The van der Waals surface area contributed by atoms with Crippen LogP contribution in [0, 0.1) is 0 Å². The molecule has 1 N–H and O–H groups in total. The molecule has 1 atom stereocenters. The molecular formula is C13H23NO3. The Kier molecular flexibility index (Phi) is 6.62. The van der Waals surface area contributed by atoms with Gasteiger partial charge in [-0.05, 0) is 40.2 Å². The lowest BCUT2D eigenvalue weighted by molar-refractivity contribution is 0.0249. The molecular weight excluding hydrogens is 218 g/mol. The molecule has 17 heavy (non-hydrogen) atoms. The molecule has 0 radical (unpaired) electrons. The van der Waals surface area contributed by atoms with E-state index in [2.05, 4.69) is 12.3 Å². The van der Waals surface area contributed by atoms with Gasteiger partial charge in [-0.2, -0.15) is 0 Å². The zero-order valence-electron chi connectivity index (χ0n) is 11.2. The maximum atomic E-state index is 11.8. The second-order valence-electron chi connectivity index (χ2n) is 4.97. The number of hydrogen-bond acceptors (Lipinski definition) is 3. The van der Waals surface area contributed by atoms with Gasteiger partial charge in [0.2, 0.25) is 0 Å². The summed E-state index contributed by atoms with van der Waals surface area (Å²) in [5.74, 6) is 0. The maximum absolute atomic E-state index is 11.8. The van der Waals surface area contributed by atoms with Gasteiger partial charge in [-0.15, -0.1) is 5.73 Å². The third-order valence-corrected chi connectivity index (χ3v) is 1.92. The highest BCUT2D eigenvalue weighted by Gasteiger charge is 2.21. The van der Waals surface area contributed by atoms with Crippen LogP contribution in [-0.2, 0) is 4.74 Å². The lowest BCUT2D eigenvalue weighted by Crippen LogP contribution is -2.38. The van der Waals surface area contributed by atoms with Crippen molar-refractivity contribution in [3.05, 3.63) is 18.4 Å². The number of amides is 1. The molecule has 0 fully saturated rings. The van der Waals surface area contributed by atoms with Crippen molar-refractivity contribution in [1.29, 1.82) is 0 Å². The third-order valence-electron chi connectivity index (χ3n) is 1.92. The molecule has 0 aliphatic rings. The van der Waals surface area contributed by atoms with Gasteiger partial charge in [-0.1, -0.05) is 6.58 Å². The first-order valence-electron chi connectivity index (χ1n) is 5.76. The Morgan fingerprint density at radius 3 is 2.59 bits per heavy atom. The Hall–Kier alpha value is -1.25. The Labute approximate surface area is 104 Å². The zero-order chi connectivity index (χ0) is 13.5. The molecule has 0 aromatic rings. The van der Waals surface area contributed by atoms with Crippen LogP contribution in [0.15, 0.2) is 18.4 Å². The summed E-state index contributed by atoms with van der Waals surface area (Å²) >= 11 is 0. The van der Waals surface area contributed by atoms with E-state index < -0.39 is 11.7 Å². The summed E-state index contributed by atoms with van der Waals surface area (Å²) in [6, 6.07) is 0. The average molecular weight is 241 g/mol. The van der Waals surface area contributed by atoms with Crippen LogP contribution in [0.1, 0.15) is 34.1 Å². The summed E-state index contributed by atoms with van der Waals surface area (Å²) in [5, 5.41) is 9.22. The van der Waals surface area contributed by atoms with Gasteiger partial charge in [-0.25, -0.2) is 4.79 Å². The van der Waals surface area contributed by atoms with Crippen molar-refractivity contribution in [3.8, 4) is 0 Å². The minimum Gasteiger partial charge on any atom is -0.444 e. The maximum Gasteiger partial charge on any atom is 0.410 e. The van der Waals surface area contributed by atoms with Crippen LogP contribution in [0.2, 0.25) is 0 Å². The smallest absolute Gasteiger partial charge is 0.410 e. The second kappa shape index (κ2) is 7.15. The van der Waals surface area contributed by atoms with Crippen molar-refractivity contribution in [3.63, 3.8) is 0 Å². The van der Waals surface area contributed by atoms with Crippen LogP contribution >= 0.6 is 0 Å². The molecule has 0 saturated heterocycles. The Balaban J connectivity index is 4.44. The van der Waals surface area contributed by atoms with E-state index >= 15 is 0 Å². The number of aliphatic hydroxyl groups is 1. The van der Waals surface area contributed by atoms with E-state index in [-0.39, 0.29) is 6.09 Å². The topological polar surface area (TPSA) is 49.8 Å². The molecule has 0 saturated carbocycles. The first kappa shape index (κ1) is 15.8. The number of carbonyl (C=O) groups is 1. The Morgan fingerprint density at radius 2 is 2.18 bits per heavy atom. The first-order chi connectivity index (χ1) is 7.76. The Bertz CT molecular complexity index is 286. The minimum absolute atomic E-state index is 0.385. The Morgan fingerprint density at radius 1 is 1.59 bits per heavy atom. The molecule has 4 nitrogen and oxygen atoms in total. The van der Waals surface area contributed by atoms with Crippen LogP contribution in [0.25, 0.3) is 0 Å². The number of ether oxygens (including phenoxy) is 1. The summed E-state index contributed by atoms with van der Waals surface area (Å²) in [6.45, 7) is 11.4. The number of carbonyl (C=O) groups excluding carboxylic acids is 1. The molecule has 0 aliphatic heterocycles. The standard InChI is InChI=1S/C13H23NO3/c1-6-7-9-14(10-8-11(2)15)12(16)17-13(3,4)5/h7,11,15H,1,8-10H2,2-5H3. The van der Waals surface area contributed by atoms with E-state index in [4.69, 9.17) is 4.74 Å². The van der Waals surface area contributed by atoms with E-state index in [1.165, 1.54) is 4.90 Å². The van der Waals surface area contributed by atoms with E-state index in [9.17, 15) is 9.90 Å². The van der Waals surface area contributed by atoms with Gasteiger partial charge >= 0.3 is 6.09 Å². The highest BCUT2D eigenvalue weighted by molar-refractivity contribution is 5.68. The molecule has 0 aromatic heterocycles. The number of nitrogens with zero attached hydrogens (tertiary/aromatic N) is 1. The van der Waals surface area contributed by atoms with Gasteiger partial charge in [0.25, 0.3) is 0 Å². The molecule has 0 heterocycles. The molecule has 1 unspecified atom stereocenters. The van der Waals surface area contributed by atoms with Gasteiger partial charge in [0.15, 0.2) is 0 Å². The SMILES string of the molecule is C=C=CCN(CCC(C)O)C(=O)OC(C)(C)C. The van der Waals surface area contributed by atoms with Gasteiger partial charge in [0.1, 0.15) is 5.60 Å². The second-order valence-corrected chi connectivity index (χ2v) is 4.97. The van der Waals surface area contributed by atoms with Crippen molar-refractivity contribution in [1.82, 2.24) is 4.90 Å². The van der Waals surface area contributed by atoms with Crippen LogP contribution < -0.4 is 0 Å². The van der Waals surface area contributed by atoms with Crippen molar-refractivity contribution in [2.75, 3.05) is 13.1 Å². The summed E-state index contributed by atoms with van der Waals surface area (Å²) in [4.78, 5) is 13.4. The molecule has 1 amide bonds. The quantitative estimate of drug-likeness (QED) is 0.752. The normalized spacial score (nSPS) is 12.5. The molecule has 0 aromatic carbocycles. The van der Waals surface area contributed by atoms with Gasteiger partial charge in [0.05, 0.1) is 6.10 Å². The lowest BCUT2D eigenvalue weighted by atomic mass is 10.2. The van der Waals surface area contributed by atoms with Crippen LogP contribution in [0.4, 0.5) is 4.79 Å². The van der Waals surface area contributed by atoms with Crippen molar-refractivity contribution >= 4 is 6.09 Å². The van der Waals surface area contributed by atoms with E-state index in [1.807, 2.05) is 20.8 Å².